The van der Waals surface area contributed by atoms with Crippen LogP contribution in [0.1, 0.15) is 11.1 Å². The lowest BCUT2D eigenvalue weighted by atomic mass is 10.1. The number of alkyl halides is 6. The summed E-state index contributed by atoms with van der Waals surface area (Å²) in [6.45, 7) is 0. The molecule has 0 aromatic heterocycles. The summed E-state index contributed by atoms with van der Waals surface area (Å²) in [4.78, 5) is 0. The molecular formula is C8BrF9. The van der Waals surface area contributed by atoms with Gasteiger partial charge in [0.25, 0.3) is 0 Å². The van der Waals surface area contributed by atoms with Gasteiger partial charge in [-0.25, -0.2) is 13.2 Å². The first-order valence-corrected chi connectivity index (χ1v) is 4.68. The van der Waals surface area contributed by atoms with Crippen molar-refractivity contribution in [1.29, 1.82) is 0 Å². The van der Waals surface area contributed by atoms with Gasteiger partial charge in [0, 0.05) is 0 Å². The van der Waals surface area contributed by atoms with E-state index in [4.69, 9.17) is 0 Å². The molecule has 0 aliphatic heterocycles. The Bertz CT molecular complexity index is 411. The predicted octanol–water partition coefficient (Wildman–Crippen LogP) is 4.90. The SMILES string of the molecule is Fc1c(F)c(C(F)(F)F)c(Br)c(F)c1C(F)(F)F. The van der Waals surface area contributed by atoms with Gasteiger partial charge < -0.3 is 0 Å². The van der Waals surface area contributed by atoms with Gasteiger partial charge in [-0.3, -0.25) is 0 Å². The van der Waals surface area contributed by atoms with E-state index in [1.165, 1.54) is 0 Å². The van der Waals surface area contributed by atoms with Crippen molar-refractivity contribution in [3.63, 3.8) is 0 Å². The Kier molecular flexibility index (Phi) is 3.63. The molecule has 0 nitrogen and oxygen atoms in total. The monoisotopic (exact) mass is 346 g/mol. The predicted molar refractivity (Wildman–Crippen MR) is 44.0 cm³/mol. The van der Waals surface area contributed by atoms with E-state index in [0.29, 0.717) is 0 Å². The molecule has 0 bridgehead atoms. The van der Waals surface area contributed by atoms with Crippen molar-refractivity contribution < 1.29 is 39.5 Å². The van der Waals surface area contributed by atoms with Crippen LogP contribution < -0.4 is 0 Å². The van der Waals surface area contributed by atoms with Crippen molar-refractivity contribution in [3.05, 3.63) is 33.1 Å². The molecule has 0 unspecified atom stereocenters. The van der Waals surface area contributed by atoms with Crippen LogP contribution in [-0.4, -0.2) is 0 Å². The zero-order valence-electron chi connectivity index (χ0n) is 7.78. The van der Waals surface area contributed by atoms with E-state index in [2.05, 4.69) is 0 Å². The van der Waals surface area contributed by atoms with Crippen molar-refractivity contribution in [2.24, 2.45) is 0 Å². The minimum Gasteiger partial charge on any atom is -0.205 e. The van der Waals surface area contributed by atoms with E-state index >= 15 is 0 Å². The van der Waals surface area contributed by atoms with Crippen LogP contribution in [0.4, 0.5) is 39.5 Å². The Morgan fingerprint density at radius 3 is 1.28 bits per heavy atom. The van der Waals surface area contributed by atoms with Crippen LogP contribution in [0.15, 0.2) is 4.47 Å². The Hall–Kier alpha value is -0.930. The van der Waals surface area contributed by atoms with Crippen LogP contribution in [-0.2, 0) is 12.4 Å². The topological polar surface area (TPSA) is 0 Å². The number of rotatable bonds is 0. The van der Waals surface area contributed by atoms with Gasteiger partial charge in [-0.05, 0) is 15.9 Å². The molecule has 0 radical (unpaired) electrons. The van der Waals surface area contributed by atoms with Crippen molar-refractivity contribution in [2.45, 2.75) is 12.4 Å². The molecule has 0 aliphatic rings. The highest BCUT2D eigenvalue weighted by Gasteiger charge is 2.46. The summed E-state index contributed by atoms with van der Waals surface area (Å²) in [5, 5.41) is 0. The van der Waals surface area contributed by atoms with E-state index in [0.717, 1.165) is 0 Å². The lowest BCUT2D eigenvalue weighted by Crippen LogP contribution is -2.19. The zero-order valence-corrected chi connectivity index (χ0v) is 9.37. The van der Waals surface area contributed by atoms with E-state index in [1.807, 2.05) is 15.9 Å². The van der Waals surface area contributed by atoms with Crippen molar-refractivity contribution >= 4 is 15.9 Å². The van der Waals surface area contributed by atoms with Crippen LogP contribution in [0.3, 0.4) is 0 Å². The van der Waals surface area contributed by atoms with Gasteiger partial charge in [-0.1, -0.05) is 0 Å². The number of benzene rings is 1. The van der Waals surface area contributed by atoms with Gasteiger partial charge in [-0.15, -0.1) is 0 Å². The highest BCUT2D eigenvalue weighted by atomic mass is 79.9. The maximum absolute atomic E-state index is 13.1. The second-order valence-electron chi connectivity index (χ2n) is 3.00. The molecule has 10 heteroatoms. The smallest absolute Gasteiger partial charge is 0.205 e. The fraction of sp³-hybridized carbons (Fsp3) is 0.250. The van der Waals surface area contributed by atoms with E-state index in [9.17, 15) is 39.5 Å². The molecular weight excluding hydrogens is 347 g/mol. The third-order valence-corrected chi connectivity index (χ3v) is 2.57. The molecule has 0 amide bonds. The molecule has 0 saturated carbocycles. The molecule has 1 rings (SSSR count). The van der Waals surface area contributed by atoms with Crippen molar-refractivity contribution in [2.75, 3.05) is 0 Å². The molecule has 0 spiro atoms. The van der Waals surface area contributed by atoms with Gasteiger partial charge in [0.15, 0.2) is 17.5 Å². The first-order chi connectivity index (χ1) is 7.89. The zero-order chi connectivity index (χ0) is 14.5. The minimum absolute atomic E-state index is 1.83. The number of halogens is 10. The first kappa shape index (κ1) is 15.1. The average Bonchev–Trinajstić information content (AvgIpc) is 2.10. The van der Waals surface area contributed by atoms with Crippen LogP contribution in [0.2, 0.25) is 0 Å². The molecule has 18 heavy (non-hydrogen) atoms. The molecule has 0 fully saturated rings. The van der Waals surface area contributed by atoms with Gasteiger partial charge in [0.05, 0.1) is 4.47 Å². The average molecular weight is 347 g/mol. The van der Waals surface area contributed by atoms with Gasteiger partial charge in [0.1, 0.15) is 11.1 Å². The molecule has 1 aromatic rings. The van der Waals surface area contributed by atoms with Crippen molar-refractivity contribution in [1.82, 2.24) is 0 Å². The fourth-order valence-electron chi connectivity index (χ4n) is 1.13. The summed E-state index contributed by atoms with van der Waals surface area (Å²) in [6, 6.07) is 0. The molecule has 0 N–H and O–H groups in total. The first-order valence-electron chi connectivity index (χ1n) is 3.89. The summed E-state index contributed by atoms with van der Waals surface area (Å²) in [6.07, 6.45) is -11.2. The van der Waals surface area contributed by atoms with Crippen LogP contribution >= 0.6 is 15.9 Å². The summed E-state index contributed by atoms with van der Waals surface area (Å²) in [5.41, 5.74) is -5.19. The lowest BCUT2D eigenvalue weighted by Gasteiger charge is -2.16. The third kappa shape index (κ3) is 2.43. The maximum Gasteiger partial charge on any atom is 0.422 e. The fourth-order valence-corrected chi connectivity index (χ4v) is 1.73. The molecule has 1 aromatic carbocycles. The normalized spacial score (nSPS) is 13.0. The van der Waals surface area contributed by atoms with E-state index in [-0.39, 0.29) is 0 Å². The van der Waals surface area contributed by atoms with Crippen LogP contribution in [0.25, 0.3) is 0 Å². The number of hydrogen-bond donors (Lipinski definition) is 0. The van der Waals surface area contributed by atoms with Crippen molar-refractivity contribution in [3.8, 4) is 0 Å². The van der Waals surface area contributed by atoms with Gasteiger partial charge >= 0.3 is 12.4 Å². The second kappa shape index (κ2) is 4.32. The quantitative estimate of drug-likeness (QED) is 0.463. The summed E-state index contributed by atoms with van der Waals surface area (Å²) in [5.74, 6) is -8.31. The van der Waals surface area contributed by atoms with Crippen LogP contribution in [0, 0.1) is 17.5 Å². The van der Waals surface area contributed by atoms with E-state index < -0.39 is 45.4 Å². The molecule has 0 saturated heterocycles. The summed E-state index contributed by atoms with van der Waals surface area (Å²) in [7, 11) is 0. The standard InChI is InChI=1S/C8BrF9/c9-3-1(7(13,14)15)5(11)6(12)2(4(3)10)8(16,17)18. The maximum atomic E-state index is 13.1. The van der Waals surface area contributed by atoms with Crippen LogP contribution in [0.5, 0.6) is 0 Å². The minimum atomic E-state index is -5.67. The largest absolute Gasteiger partial charge is 0.422 e. The Morgan fingerprint density at radius 1 is 0.611 bits per heavy atom. The Morgan fingerprint density at radius 2 is 0.944 bits per heavy atom. The molecule has 0 aliphatic carbocycles. The number of hydrogen-bond acceptors (Lipinski definition) is 0. The molecule has 0 atom stereocenters. The summed E-state index contributed by atoms with van der Waals surface area (Å²) >= 11 is 1.84. The molecule has 0 heterocycles. The van der Waals surface area contributed by atoms with Gasteiger partial charge in [-0.2, -0.15) is 26.3 Å². The highest BCUT2D eigenvalue weighted by molar-refractivity contribution is 9.10. The second-order valence-corrected chi connectivity index (χ2v) is 3.79. The molecule has 102 valence electrons. The Labute approximate surface area is 102 Å². The Balaban J connectivity index is 3.79. The van der Waals surface area contributed by atoms with Gasteiger partial charge in [0.2, 0.25) is 0 Å². The summed E-state index contributed by atoms with van der Waals surface area (Å²) < 4.78 is 110. The highest BCUT2D eigenvalue weighted by Crippen LogP contribution is 2.44. The lowest BCUT2D eigenvalue weighted by molar-refractivity contribution is -0.148. The van der Waals surface area contributed by atoms with E-state index in [1.54, 1.807) is 0 Å². The third-order valence-electron chi connectivity index (χ3n) is 1.83.